The molecule has 20 heavy (non-hydrogen) atoms. The summed E-state index contributed by atoms with van der Waals surface area (Å²) in [5, 5.41) is 3.91. The van der Waals surface area contributed by atoms with Crippen LogP contribution in [0.4, 0.5) is 0 Å². The highest BCUT2D eigenvalue weighted by Crippen LogP contribution is 2.21. The normalized spacial score (nSPS) is 11.1. The van der Waals surface area contributed by atoms with Gasteiger partial charge < -0.3 is 14.0 Å². The lowest BCUT2D eigenvalue weighted by atomic mass is 10.3. The molecule has 2 aromatic rings. The minimum absolute atomic E-state index is 0.0370. The molecule has 2 rings (SSSR count). The maximum atomic E-state index is 12.5. The third-order valence-electron chi connectivity index (χ3n) is 3.01. The van der Waals surface area contributed by atoms with Crippen LogP contribution >= 0.6 is 15.9 Å². The molecule has 1 amide bonds. The molecule has 108 valence electrons. The molecule has 0 spiro atoms. The first-order chi connectivity index (χ1) is 9.38. The standard InChI is InChI=1S/C14H18BrN3O2/c1-9(2)18-7-11(15)6-13(18)14(19)17(4)8-12-5-10(3)20-16-12/h5-7,9H,8H2,1-4H3. The maximum Gasteiger partial charge on any atom is 0.270 e. The van der Waals surface area contributed by atoms with Crippen LogP contribution in [0.3, 0.4) is 0 Å². The lowest BCUT2D eigenvalue weighted by molar-refractivity contribution is 0.0770. The largest absolute Gasteiger partial charge is 0.361 e. The molecule has 0 unspecified atom stereocenters. The molecule has 0 bridgehead atoms. The summed E-state index contributed by atoms with van der Waals surface area (Å²) in [7, 11) is 1.76. The predicted octanol–water partition coefficient (Wildman–Crippen LogP) is 3.40. The van der Waals surface area contributed by atoms with Crippen LogP contribution < -0.4 is 0 Å². The Labute approximate surface area is 126 Å². The molecule has 0 atom stereocenters. The Morgan fingerprint density at radius 2 is 2.20 bits per heavy atom. The summed E-state index contributed by atoms with van der Waals surface area (Å²) in [6, 6.07) is 3.90. The molecule has 0 aromatic carbocycles. The molecule has 0 N–H and O–H groups in total. The summed E-state index contributed by atoms with van der Waals surface area (Å²) in [6.07, 6.45) is 1.92. The number of aryl methyl sites for hydroxylation is 1. The van der Waals surface area contributed by atoms with Crippen molar-refractivity contribution in [2.45, 2.75) is 33.4 Å². The molecular weight excluding hydrogens is 322 g/mol. The molecule has 6 heteroatoms. The Hall–Kier alpha value is -1.56. The number of carbonyl (C=O) groups excluding carboxylic acids is 1. The van der Waals surface area contributed by atoms with Crippen LogP contribution in [0, 0.1) is 6.92 Å². The summed E-state index contributed by atoms with van der Waals surface area (Å²) < 4.78 is 7.87. The van der Waals surface area contributed by atoms with Crippen LogP contribution in [0.1, 0.15) is 41.8 Å². The van der Waals surface area contributed by atoms with E-state index >= 15 is 0 Å². The molecular formula is C14H18BrN3O2. The average molecular weight is 340 g/mol. The zero-order valence-electron chi connectivity index (χ0n) is 12.1. The Bertz CT molecular complexity index is 616. The second-order valence-electron chi connectivity index (χ2n) is 5.13. The number of nitrogens with zero attached hydrogens (tertiary/aromatic N) is 3. The van der Waals surface area contributed by atoms with E-state index in [1.54, 1.807) is 11.9 Å². The molecule has 5 nitrogen and oxygen atoms in total. The van der Waals surface area contributed by atoms with Crippen LogP contribution in [0.2, 0.25) is 0 Å². The fraction of sp³-hybridized carbons (Fsp3) is 0.429. The van der Waals surface area contributed by atoms with Gasteiger partial charge in [-0.25, -0.2) is 0 Å². The minimum atomic E-state index is -0.0370. The SMILES string of the molecule is Cc1cc(CN(C)C(=O)c2cc(Br)cn2C(C)C)no1. The lowest BCUT2D eigenvalue weighted by Gasteiger charge is -2.18. The number of aromatic nitrogens is 2. The summed E-state index contributed by atoms with van der Waals surface area (Å²) in [5.74, 6) is 0.708. The smallest absolute Gasteiger partial charge is 0.270 e. The molecule has 0 saturated heterocycles. The van der Waals surface area contributed by atoms with Crippen LogP contribution in [0.25, 0.3) is 0 Å². The number of hydrogen-bond acceptors (Lipinski definition) is 3. The lowest BCUT2D eigenvalue weighted by Crippen LogP contribution is -2.28. The number of amides is 1. The summed E-state index contributed by atoms with van der Waals surface area (Å²) in [5.41, 5.74) is 1.41. The quantitative estimate of drug-likeness (QED) is 0.857. The van der Waals surface area contributed by atoms with Gasteiger partial charge in [-0.1, -0.05) is 5.16 Å². The highest BCUT2D eigenvalue weighted by atomic mass is 79.9. The van der Waals surface area contributed by atoms with Gasteiger partial charge in [-0.2, -0.15) is 0 Å². The van der Waals surface area contributed by atoms with Crippen molar-refractivity contribution >= 4 is 21.8 Å². The predicted molar refractivity (Wildman–Crippen MR) is 79.6 cm³/mol. The van der Waals surface area contributed by atoms with Gasteiger partial charge in [0.15, 0.2) is 0 Å². The van der Waals surface area contributed by atoms with Crippen molar-refractivity contribution in [2.24, 2.45) is 0 Å². The van der Waals surface area contributed by atoms with Crippen LogP contribution in [-0.2, 0) is 6.54 Å². The molecule has 0 aliphatic carbocycles. The van der Waals surface area contributed by atoms with Crippen molar-refractivity contribution in [1.82, 2.24) is 14.6 Å². The van der Waals surface area contributed by atoms with E-state index in [0.717, 1.165) is 15.9 Å². The number of carbonyl (C=O) groups is 1. The first-order valence-corrected chi connectivity index (χ1v) is 7.23. The molecule has 0 fully saturated rings. The van der Waals surface area contributed by atoms with E-state index in [4.69, 9.17) is 4.52 Å². The van der Waals surface area contributed by atoms with Crippen LogP contribution in [0.15, 0.2) is 27.3 Å². The number of hydrogen-bond donors (Lipinski definition) is 0. The van der Waals surface area contributed by atoms with E-state index in [2.05, 4.69) is 21.1 Å². The van der Waals surface area contributed by atoms with E-state index in [1.165, 1.54) is 0 Å². The first-order valence-electron chi connectivity index (χ1n) is 6.43. The molecule has 0 radical (unpaired) electrons. The highest BCUT2D eigenvalue weighted by molar-refractivity contribution is 9.10. The van der Waals surface area contributed by atoms with Gasteiger partial charge in [-0.05, 0) is 42.8 Å². The van der Waals surface area contributed by atoms with E-state index < -0.39 is 0 Å². The van der Waals surface area contributed by atoms with Crippen molar-refractivity contribution in [3.8, 4) is 0 Å². The maximum absolute atomic E-state index is 12.5. The molecule has 0 aliphatic rings. The topological polar surface area (TPSA) is 51.3 Å². The van der Waals surface area contributed by atoms with Gasteiger partial charge in [0.2, 0.25) is 0 Å². The Kier molecular flexibility index (Phi) is 4.32. The van der Waals surface area contributed by atoms with Crippen molar-refractivity contribution in [3.05, 3.63) is 40.0 Å². The van der Waals surface area contributed by atoms with E-state index in [1.807, 2.05) is 43.7 Å². The third-order valence-corrected chi connectivity index (χ3v) is 3.45. The minimum Gasteiger partial charge on any atom is -0.361 e. The molecule has 2 aromatic heterocycles. The van der Waals surface area contributed by atoms with E-state index in [-0.39, 0.29) is 11.9 Å². The first kappa shape index (κ1) is 14.8. The number of rotatable bonds is 4. The second kappa shape index (κ2) is 5.83. The second-order valence-corrected chi connectivity index (χ2v) is 6.05. The van der Waals surface area contributed by atoms with Gasteiger partial charge >= 0.3 is 0 Å². The summed E-state index contributed by atoms with van der Waals surface area (Å²) in [4.78, 5) is 14.2. The monoisotopic (exact) mass is 339 g/mol. The van der Waals surface area contributed by atoms with Crippen molar-refractivity contribution in [1.29, 1.82) is 0 Å². The Morgan fingerprint density at radius 1 is 1.50 bits per heavy atom. The zero-order chi connectivity index (χ0) is 14.9. The summed E-state index contributed by atoms with van der Waals surface area (Å²) >= 11 is 3.42. The van der Waals surface area contributed by atoms with Crippen molar-refractivity contribution < 1.29 is 9.32 Å². The van der Waals surface area contributed by atoms with E-state index in [0.29, 0.717) is 12.2 Å². The van der Waals surface area contributed by atoms with Gasteiger partial charge in [-0.15, -0.1) is 0 Å². The van der Waals surface area contributed by atoms with Crippen LogP contribution in [-0.4, -0.2) is 27.6 Å². The van der Waals surface area contributed by atoms with Crippen molar-refractivity contribution in [3.63, 3.8) is 0 Å². The van der Waals surface area contributed by atoms with Crippen LogP contribution in [0.5, 0.6) is 0 Å². The van der Waals surface area contributed by atoms with E-state index in [9.17, 15) is 4.79 Å². The Morgan fingerprint density at radius 3 is 2.75 bits per heavy atom. The fourth-order valence-electron chi connectivity index (χ4n) is 2.05. The van der Waals surface area contributed by atoms with Gasteiger partial charge in [-0.3, -0.25) is 4.79 Å². The number of halogens is 1. The molecule has 0 aliphatic heterocycles. The Balaban J connectivity index is 2.18. The average Bonchev–Trinajstić information content (AvgIpc) is 2.94. The van der Waals surface area contributed by atoms with Gasteiger partial charge in [0, 0.05) is 29.8 Å². The molecule has 2 heterocycles. The highest BCUT2D eigenvalue weighted by Gasteiger charge is 2.19. The third kappa shape index (κ3) is 3.12. The van der Waals surface area contributed by atoms with Gasteiger partial charge in [0.25, 0.3) is 5.91 Å². The molecule has 0 saturated carbocycles. The van der Waals surface area contributed by atoms with Gasteiger partial charge in [0.1, 0.15) is 17.1 Å². The zero-order valence-corrected chi connectivity index (χ0v) is 13.6. The summed E-state index contributed by atoms with van der Waals surface area (Å²) in [6.45, 7) is 6.35. The van der Waals surface area contributed by atoms with Crippen molar-refractivity contribution in [2.75, 3.05) is 7.05 Å². The van der Waals surface area contributed by atoms with Gasteiger partial charge in [0.05, 0.1) is 6.54 Å². The fourth-order valence-corrected chi connectivity index (χ4v) is 2.48.